The van der Waals surface area contributed by atoms with Gasteiger partial charge in [-0.3, -0.25) is 4.79 Å². The maximum Gasteiger partial charge on any atom is 0.307 e. The Morgan fingerprint density at radius 3 is 2.84 bits per heavy atom. The van der Waals surface area contributed by atoms with Crippen LogP contribution in [0.1, 0.15) is 13.3 Å². The van der Waals surface area contributed by atoms with Gasteiger partial charge in [-0.05, 0) is 18.4 Å². The first kappa shape index (κ1) is 13.2. The summed E-state index contributed by atoms with van der Waals surface area (Å²) in [4.78, 5) is 11.2. The van der Waals surface area contributed by atoms with Crippen LogP contribution in [0.2, 0.25) is 0 Å². The van der Waals surface area contributed by atoms with E-state index in [-0.39, 0.29) is 5.97 Å². The first-order valence-electron chi connectivity index (χ1n) is 6.39. The second-order valence-electron chi connectivity index (χ2n) is 4.23. The van der Waals surface area contributed by atoms with Crippen LogP contribution in [0.4, 0.5) is 11.4 Å². The highest BCUT2D eigenvalue weighted by Gasteiger charge is 2.05. The molecule has 2 rings (SSSR count). The van der Waals surface area contributed by atoms with Crippen LogP contribution in [0.3, 0.4) is 0 Å². The first-order valence-corrected chi connectivity index (χ1v) is 6.39. The summed E-state index contributed by atoms with van der Waals surface area (Å²) in [7, 11) is 0. The van der Waals surface area contributed by atoms with Gasteiger partial charge in [-0.1, -0.05) is 30.3 Å². The molecule has 100 valence electrons. The summed E-state index contributed by atoms with van der Waals surface area (Å²) in [5.41, 5.74) is 7.68. The number of rotatable bonds is 5. The van der Waals surface area contributed by atoms with Gasteiger partial charge in [0.25, 0.3) is 0 Å². The summed E-state index contributed by atoms with van der Waals surface area (Å²) < 4.78 is 4.87. The van der Waals surface area contributed by atoms with Crippen molar-refractivity contribution < 1.29 is 9.53 Å². The largest absolute Gasteiger partial charge is 0.466 e. The summed E-state index contributed by atoms with van der Waals surface area (Å²) in [6.45, 7) is 2.73. The van der Waals surface area contributed by atoms with E-state index in [1.54, 1.807) is 6.92 Å². The van der Waals surface area contributed by atoms with Crippen molar-refractivity contribution in [1.29, 1.82) is 0 Å². The van der Waals surface area contributed by atoms with Gasteiger partial charge < -0.3 is 15.8 Å². The maximum atomic E-state index is 11.2. The van der Waals surface area contributed by atoms with E-state index in [2.05, 4.69) is 5.32 Å². The van der Waals surface area contributed by atoms with E-state index in [0.29, 0.717) is 25.3 Å². The molecule has 19 heavy (non-hydrogen) atoms. The molecular weight excluding hydrogens is 240 g/mol. The Morgan fingerprint density at radius 1 is 1.26 bits per heavy atom. The first-order chi connectivity index (χ1) is 9.22. The van der Waals surface area contributed by atoms with Crippen LogP contribution >= 0.6 is 0 Å². The SMILES string of the molecule is CCOC(=O)CCNc1ccc2ccccc2c1N. The van der Waals surface area contributed by atoms with E-state index in [1.807, 2.05) is 36.4 Å². The molecule has 0 unspecified atom stereocenters. The zero-order chi connectivity index (χ0) is 13.7. The lowest BCUT2D eigenvalue weighted by atomic mass is 10.1. The number of nitrogen functional groups attached to an aromatic ring is 1. The molecule has 0 saturated heterocycles. The third kappa shape index (κ3) is 3.16. The molecule has 0 bridgehead atoms. The second-order valence-corrected chi connectivity index (χ2v) is 4.23. The highest BCUT2D eigenvalue weighted by atomic mass is 16.5. The van der Waals surface area contributed by atoms with Gasteiger partial charge in [0.05, 0.1) is 24.4 Å². The lowest BCUT2D eigenvalue weighted by molar-refractivity contribution is -0.142. The molecule has 0 fully saturated rings. The van der Waals surface area contributed by atoms with Gasteiger partial charge in [0.2, 0.25) is 0 Å². The van der Waals surface area contributed by atoms with Crippen molar-refractivity contribution in [2.24, 2.45) is 0 Å². The number of fused-ring (bicyclic) bond motifs is 1. The number of nitrogens with one attached hydrogen (secondary N) is 1. The van der Waals surface area contributed by atoms with Gasteiger partial charge in [0, 0.05) is 11.9 Å². The maximum absolute atomic E-state index is 11.2. The monoisotopic (exact) mass is 258 g/mol. The quantitative estimate of drug-likeness (QED) is 0.639. The Labute approximate surface area is 112 Å². The molecule has 0 radical (unpaired) electrons. The number of nitrogens with two attached hydrogens (primary N) is 1. The van der Waals surface area contributed by atoms with E-state index in [9.17, 15) is 4.79 Å². The van der Waals surface area contributed by atoms with Gasteiger partial charge in [-0.15, -0.1) is 0 Å². The van der Waals surface area contributed by atoms with E-state index in [0.717, 1.165) is 16.5 Å². The fraction of sp³-hybridized carbons (Fsp3) is 0.267. The second kappa shape index (κ2) is 6.09. The Kier molecular flexibility index (Phi) is 4.23. The fourth-order valence-electron chi connectivity index (χ4n) is 1.98. The Balaban J connectivity index is 2.05. The van der Waals surface area contributed by atoms with Crippen molar-refractivity contribution in [2.45, 2.75) is 13.3 Å². The van der Waals surface area contributed by atoms with Crippen LogP contribution in [0.25, 0.3) is 10.8 Å². The van der Waals surface area contributed by atoms with Gasteiger partial charge in [-0.2, -0.15) is 0 Å². The number of ether oxygens (including phenoxy) is 1. The topological polar surface area (TPSA) is 64.3 Å². The number of hydrogen-bond acceptors (Lipinski definition) is 4. The van der Waals surface area contributed by atoms with Crippen LogP contribution in [-0.4, -0.2) is 19.1 Å². The Hall–Kier alpha value is -2.23. The van der Waals surface area contributed by atoms with Crippen LogP contribution in [0, 0.1) is 0 Å². The molecule has 0 atom stereocenters. The Bertz CT molecular complexity index is 581. The summed E-state index contributed by atoms with van der Waals surface area (Å²) in [6, 6.07) is 11.9. The average molecular weight is 258 g/mol. The van der Waals surface area contributed by atoms with Crippen molar-refractivity contribution in [2.75, 3.05) is 24.2 Å². The number of esters is 1. The third-order valence-electron chi connectivity index (χ3n) is 2.92. The molecule has 3 N–H and O–H groups in total. The predicted molar refractivity (Wildman–Crippen MR) is 78.1 cm³/mol. The molecule has 0 aromatic heterocycles. The molecule has 0 heterocycles. The van der Waals surface area contributed by atoms with Crippen LogP contribution < -0.4 is 11.1 Å². The van der Waals surface area contributed by atoms with Gasteiger partial charge >= 0.3 is 5.97 Å². The zero-order valence-electron chi connectivity index (χ0n) is 11.0. The normalized spacial score (nSPS) is 10.4. The summed E-state index contributed by atoms with van der Waals surface area (Å²) in [5, 5.41) is 5.29. The lowest BCUT2D eigenvalue weighted by Crippen LogP contribution is -2.12. The summed E-state index contributed by atoms with van der Waals surface area (Å²) in [6.07, 6.45) is 0.333. The van der Waals surface area contributed by atoms with Gasteiger partial charge in [0.15, 0.2) is 0 Å². The molecule has 0 amide bonds. The minimum atomic E-state index is -0.200. The van der Waals surface area contributed by atoms with Crippen molar-refractivity contribution in [3.63, 3.8) is 0 Å². The fourth-order valence-corrected chi connectivity index (χ4v) is 1.98. The molecular formula is C15H18N2O2. The number of hydrogen-bond donors (Lipinski definition) is 2. The third-order valence-corrected chi connectivity index (χ3v) is 2.92. The van der Waals surface area contributed by atoms with Crippen LogP contribution in [-0.2, 0) is 9.53 Å². The average Bonchev–Trinajstić information content (AvgIpc) is 2.42. The summed E-state index contributed by atoms with van der Waals surface area (Å²) in [5.74, 6) is -0.200. The van der Waals surface area contributed by atoms with Crippen molar-refractivity contribution in [1.82, 2.24) is 0 Å². The van der Waals surface area contributed by atoms with E-state index in [4.69, 9.17) is 10.5 Å². The number of benzene rings is 2. The minimum absolute atomic E-state index is 0.200. The molecule has 0 aliphatic heterocycles. The number of anilines is 2. The molecule has 0 aliphatic rings. The Morgan fingerprint density at radius 2 is 2.05 bits per heavy atom. The summed E-state index contributed by atoms with van der Waals surface area (Å²) >= 11 is 0. The van der Waals surface area contributed by atoms with Crippen molar-refractivity contribution in [3.8, 4) is 0 Å². The molecule has 0 saturated carbocycles. The highest BCUT2D eigenvalue weighted by Crippen LogP contribution is 2.28. The lowest BCUT2D eigenvalue weighted by Gasteiger charge is -2.11. The molecule has 0 aliphatic carbocycles. The molecule has 2 aromatic rings. The van der Waals surface area contributed by atoms with E-state index < -0.39 is 0 Å². The van der Waals surface area contributed by atoms with Crippen LogP contribution in [0.15, 0.2) is 36.4 Å². The predicted octanol–water partition coefficient (Wildman–Crippen LogP) is 2.79. The number of carbonyl (C=O) groups excluding carboxylic acids is 1. The smallest absolute Gasteiger partial charge is 0.307 e. The number of carbonyl (C=O) groups is 1. The van der Waals surface area contributed by atoms with Crippen LogP contribution in [0.5, 0.6) is 0 Å². The molecule has 0 spiro atoms. The van der Waals surface area contributed by atoms with E-state index >= 15 is 0 Å². The minimum Gasteiger partial charge on any atom is -0.466 e. The molecule has 4 nitrogen and oxygen atoms in total. The van der Waals surface area contributed by atoms with Crippen molar-refractivity contribution in [3.05, 3.63) is 36.4 Å². The highest BCUT2D eigenvalue weighted by molar-refractivity contribution is 5.98. The molecule has 4 heteroatoms. The van der Waals surface area contributed by atoms with Gasteiger partial charge in [0.1, 0.15) is 0 Å². The van der Waals surface area contributed by atoms with Gasteiger partial charge in [-0.25, -0.2) is 0 Å². The van der Waals surface area contributed by atoms with Crippen molar-refractivity contribution >= 4 is 28.1 Å². The molecule has 2 aromatic carbocycles. The zero-order valence-corrected chi connectivity index (χ0v) is 11.0. The standard InChI is InChI=1S/C15H18N2O2/c1-2-19-14(18)9-10-17-13-8-7-11-5-3-4-6-12(11)15(13)16/h3-8,17H,2,9-10,16H2,1H3. The van der Waals surface area contributed by atoms with E-state index in [1.165, 1.54) is 0 Å².